The van der Waals surface area contributed by atoms with Crippen molar-refractivity contribution in [1.29, 1.82) is 0 Å². The summed E-state index contributed by atoms with van der Waals surface area (Å²) >= 11 is 2.01. The Morgan fingerprint density at radius 3 is 2.72 bits per heavy atom. The van der Waals surface area contributed by atoms with Gasteiger partial charge in [-0.25, -0.2) is 23.1 Å². The smallest absolute Gasteiger partial charge is 0.183 e. The molecular formula is C19H19F3IN5S. The van der Waals surface area contributed by atoms with E-state index in [4.69, 9.17) is 0 Å². The fourth-order valence-corrected chi connectivity index (χ4v) is 5.19. The number of nitrogens with zero attached hydrogens (tertiary/aromatic N) is 3. The molecule has 10 heteroatoms. The van der Waals surface area contributed by atoms with Gasteiger partial charge in [0, 0.05) is 65.6 Å². The number of halogens is 4. The van der Waals surface area contributed by atoms with Crippen molar-refractivity contribution in [2.45, 2.75) is 37.8 Å². The van der Waals surface area contributed by atoms with E-state index in [1.54, 1.807) is 10.2 Å². The number of fused-ring (bicyclic) bond motifs is 1. The first-order valence-corrected chi connectivity index (χ1v) is 12.6. The maximum absolute atomic E-state index is 14.4. The van der Waals surface area contributed by atoms with E-state index in [0.29, 0.717) is 17.0 Å². The van der Waals surface area contributed by atoms with Crippen molar-refractivity contribution < 1.29 is 13.2 Å². The quantitative estimate of drug-likeness (QED) is 0.436. The van der Waals surface area contributed by atoms with Crippen LogP contribution in [0, 0.1) is 17.5 Å². The van der Waals surface area contributed by atoms with Gasteiger partial charge in [-0.1, -0.05) is 0 Å². The molecule has 1 aromatic carbocycles. The van der Waals surface area contributed by atoms with Crippen LogP contribution in [-0.4, -0.2) is 33.1 Å². The SMILES string of the molecule is CNC1CCCC(Nc2nc(-c3cn(SI)c4c(F)cc(F)cc34)ncc2F)C1. The number of nitrogens with one attached hydrogen (secondary N) is 2. The minimum Gasteiger partial charge on any atom is -0.365 e. The van der Waals surface area contributed by atoms with Crippen molar-refractivity contribution in [2.75, 3.05) is 12.4 Å². The van der Waals surface area contributed by atoms with Crippen LogP contribution in [0.3, 0.4) is 0 Å². The average molecular weight is 533 g/mol. The summed E-state index contributed by atoms with van der Waals surface area (Å²) in [6, 6.07) is 2.57. The first kappa shape index (κ1) is 20.7. The zero-order valence-electron chi connectivity index (χ0n) is 15.6. The highest BCUT2D eigenvalue weighted by Gasteiger charge is 2.23. The van der Waals surface area contributed by atoms with Crippen molar-refractivity contribution in [2.24, 2.45) is 0 Å². The Hall–Kier alpha value is -1.53. The molecule has 0 bridgehead atoms. The molecule has 29 heavy (non-hydrogen) atoms. The molecule has 1 saturated carbocycles. The minimum absolute atomic E-state index is 0.0968. The second-order valence-corrected chi connectivity index (χ2v) is 8.82. The molecule has 1 aliphatic rings. The predicted octanol–water partition coefficient (Wildman–Crippen LogP) is 5.30. The van der Waals surface area contributed by atoms with Crippen LogP contribution >= 0.6 is 30.3 Å². The van der Waals surface area contributed by atoms with Crippen LogP contribution < -0.4 is 10.6 Å². The molecule has 2 N–H and O–H groups in total. The standard InChI is InChI=1S/C19H19F3IN5S/c1-24-11-3-2-4-12(7-11)26-19-16(22)8-25-18(27-19)14-9-28(29-23)17-13(14)5-10(20)6-15(17)21/h5-6,8-9,11-12,24H,2-4,7H2,1H3,(H,25,26,27). The molecule has 0 aliphatic heterocycles. The molecule has 1 aliphatic carbocycles. The first-order chi connectivity index (χ1) is 14.0. The van der Waals surface area contributed by atoms with Crippen molar-refractivity contribution in [3.8, 4) is 11.4 Å². The molecule has 154 valence electrons. The van der Waals surface area contributed by atoms with E-state index >= 15 is 0 Å². The Labute approximate surface area is 182 Å². The molecular weight excluding hydrogens is 514 g/mol. The molecule has 2 unspecified atom stereocenters. The average Bonchev–Trinajstić information content (AvgIpc) is 3.08. The normalized spacial score (nSPS) is 19.6. The van der Waals surface area contributed by atoms with Gasteiger partial charge in [-0.3, -0.25) is 3.97 Å². The zero-order chi connectivity index (χ0) is 20.5. The van der Waals surface area contributed by atoms with Gasteiger partial charge in [0.15, 0.2) is 23.3 Å². The lowest BCUT2D eigenvalue weighted by atomic mass is 9.91. The summed E-state index contributed by atoms with van der Waals surface area (Å²) in [5.74, 6) is -1.58. The lowest BCUT2D eigenvalue weighted by molar-refractivity contribution is 0.368. The summed E-state index contributed by atoms with van der Waals surface area (Å²) in [6.45, 7) is 0. The topological polar surface area (TPSA) is 54.8 Å². The first-order valence-electron chi connectivity index (χ1n) is 9.26. The van der Waals surface area contributed by atoms with Gasteiger partial charge in [-0.05, 0) is 38.8 Å². The van der Waals surface area contributed by atoms with Crippen LogP contribution in [0.25, 0.3) is 22.3 Å². The van der Waals surface area contributed by atoms with Crippen LogP contribution in [-0.2, 0) is 0 Å². The van der Waals surface area contributed by atoms with Crippen LogP contribution in [0.4, 0.5) is 19.0 Å². The van der Waals surface area contributed by atoms with Crippen LogP contribution in [0.15, 0.2) is 24.5 Å². The highest BCUT2D eigenvalue weighted by Crippen LogP contribution is 2.36. The molecule has 5 nitrogen and oxygen atoms in total. The second-order valence-electron chi connectivity index (χ2n) is 7.10. The van der Waals surface area contributed by atoms with E-state index in [2.05, 4.69) is 20.6 Å². The maximum Gasteiger partial charge on any atom is 0.183 e. The zero-order valence-corrected chi connectivity index (χ0v) is 18.5. The van der Waals surface area contributed by atoms with Crippen molar-refractivity contribution >= 4 is 47.0 Å². The lowest BCUT2D eigenvalue weighted by Gasteiger charge is -2.29. The molecule has 3 aromatic rings. The molecule has 0 spiro atoms. The van der Waals surface area contributed by atoms with E-state index in [1.807, 2.05) is 28.3 Å². The van der Waals surface area contributed by atoms with Gasteiger partial charge in [-0.2, -0.15) is 0 Å². The Kier molecular flexibility index (Phi) is 6.21. The van der Waals surface area contributed by atoms with Gasteiger partial charge in [0.1, 0.15) is 5.82 Å². The highest BCUT2D eigenvalue weighted by atomic mass is 127. The summed E-state index contributed by atoms with van der Waals surface area (Å²) in [7, 11) is 3.17. The summed E-state index contributed by atoms with van der Waals surface area (Å²) < 4.78 is 44.2. The summed E-state index contributed by atoms with van der Waals surface area (Å²) in [4.78, 5) is 8.44. The summed E-state index contributed by atoms with van der Waals surface area (Å²) in [5.41, 5.74) is 0.690. The summed E-state index contributed by atoms with van der Waals surface area (Å²) in [5, 5.41) is 6.80. The maximum atomic E-state index is 14.4. The van der Waals surface area contributed by atoms with Crippen molar-refractivity contribution in [1.82, 2.24) is 19.3 Å². The number of rotatable bonds is 5. The van der Waals surface area contributed by atoms with E-state index in [9.17, 15) is 13.2 Å². The number of hydrogen-bond donors (Lipinski definition) is 2. The molecule has 4 rings (SSSR count). The lowest BCUT2D eigenvalue weighted by Crippen LogP contribution is -2.37. The number of aromatic nitrogens is 3. The van der Waals surface area contributed by atoms with E-state index < -0.39 is 17.5 Å². The fourth-order valence-electron chi connectivity index (χ4n) is 3.85. The molecule has 2 heterocycles. The van der Waals surface area contributed by atoms with Gasteiger partial charge in [-0.15, -0.1) is 0 Å². The Morgan fingerprint density at radius 2 is 1.97 bits per heavy atom. The van der Waals surface area contributed by atoms with Crippen molar-refractivity contribution in [3.63, 3.8) is 0 Å². The Balaban J connectivity index is 1.72. The van der Waals surface area contributed by atoms with Gasteiger partial charge < -0.3 is 10.6 Å². The van der Waals surface area contributed by atoms with Crippen LogP contribution in [0.5, 0.6) is 0 Å². The molecule has 0 radical (unpaired) electrons. The number of anilines is 1. The van der Waals surface area contributed by atoms with Gasteiger partial charge in [0.2, 0.25) is 0 Å². The van der Waals surface area contributed by atoms with Crippen molar-refractivity contribution in [3.05, 3.63) is 42.0 Å². The van der Waals surface area contributed by atoms with Gasteiger partial charge in [0.05, 0.1) is 11.7 Å². The van der Waals surface area contributed by atoms with E-state index in [-0.39, 0.29) is 23.2 Å². The van der Waals surface area contributed by atoms with Crippen LogP contribution in [0.1, 0.15) is 25.7 Å². The fraction of sp³-hybridized carbons (Fsp3) is 0.368. The summed E-state index contributed by atoms with van der Waals surface area (Å²) in [6.07, 6.45) is 6.67. The molecule has 2 atom stereocenters. The van der Waals surface area contributed by atoms with Crippen LogP contribution in [0.2, 0.25) is 0 Å². The number of hydrogen-bond acceptors (Lipinski definition) is 5. The third-order valence-corrected chi connectivity index (χ3v) is 6.98. The molecule has 0 saturated heterocycles. The Morgan fingerprint density at radius 1 is 1.17 bits per heavy atom. The van der Waals surface area contributed by atoms with E-state index in [0.717, 1.165) is 37.9 Å². The minimum atomic E-state index is -0.687. The molecule has 2 aromatic heterocycles. The second kappa shape index (κ2) is 8.68. The largest absolute Gasteiger partial charge is 0.365 e. The predicted molar refractivity (Wildman–Crippen MR) is 119 cm³/mol. The molecule has 1 fully saturated rings. The molecule has 0 amide bonds. The highest BCUT2D eigenvalue weighted by molar-refractivity contribution is 14.2. The number of benzene rings is 1. The monoisotopic (exact) mass is 533 g/mol. The third-order valence-electron chi connectivity index (χ3n) is 5.27. The third kappa shape index (κ3) is 4.19. The van der Waals surface area contributed by atoms with Gasteiger partial charge in [0.25, 0.3) is 0 Å². The van der Waals surface area contributed by atoms with E-state index in [1.165, 1.54) is 15.2 Å². The Bertz CT molecular complexity index is 1040. The van der Waals surface area contributed by atoms with Gasteiger partial charge >= 0.3 is 0 Å².